The summed E-state index contributed by atoms with van der Waals surface area (Å²) in [5, 5.41) is 15.7. The molecule has 0 spiro atoms. The van der Waals surface area contributed by atoms with E-state index in [0.717, 1.165) is 48.5 Å². The molecule has 0 aliphatic rings. The molecule has 120 valence electrons. The zero-order chi connectivity index (χ0) is 16.2. The first kappa shape index (κ1) is 14.6. The molecule has 0 radical (unpaired) electrons. The number of benzene rings is 2. The second kappa shape index (κ2) is 6.62. The molecule has 2 aromatic heterocycles. The molecular formula is C18H18N6. The van der Waals surface area contributed by atoms with Gasteiger partial charge in [0.1, 0.15) is 11.3 Å². The third-order valence-electron chi connectivity index (χ3n) is 4.04. The minimum absolute atomic E-state index is 0.719. The molecule has 0 bridgehead atoms. The van der Waals surface area contributed by atoms with Crippen molar-refractivity contribution in [2.75, 3.05) is 0 Å². The van der Waals surface area contributed by atoms with Gasteiger partial charge in [0.15, 0.2) is 5.82 Å². The zero-order valence-corrected chi connectivity index (χ0v) is 13.3. The first-order chi connectivity index (χ1) is 11.9. The van der Waals surface area contributed by atoms with Gasteiger partial charge in [0.25, 0.3) is 0 Å². The van der Waals surface area contributed by atoms with Crippen LogP contribution in [0.4, 0.5) is 0 Å². The van der Waals surface area contributed by atoms with Crippen LogP contribution >= 0.6 is 0 Å². The number of nitrogens with zero attached hydrogens (tertiary/aromatic N) is 5. The van der Waals surface area contributed by atoms with Gasteiger partial charge in [0.2, 0.25) is 0 Å². The number of nitrogens with one attached hydrogen (secondary N) is 1. The standard InChI is InChI=1S/C18H18N6/c1-2-6-14(7-3-1)10-11-17-19-18(22-21-17)12-13-24-16-9-5-4-8-15(16)20-23-24/h1-9H,10-13H2,(H,19,21,22). The van der Waals surface area contributed by atoms with Gasteiger partial charge in [-0.3, -0.25) is 5.10 Å². The van der Waals surface area contributed by atoms with Gasteiger partial charge in [-0.15, -0.1) is 5.10 Å². The van der Waals surface area contributed by atoms with Gasteiger partial charge in [-0.25, -0.2) is 9.67 Å². The molecule has 4 aromatic rings. The Kier molecular flexibility index (Phi) is 4.02. The highest BCUT2D eigenvalue weighted by atomic mass is 15.4. The smallest absolute Gasteiger partial charge is 0.152 e. The minimum atomic E-state index is 0.719. The van der Waals surface area contributed by atoms with E-state index in [1.165, 1.54) is 5.56 Å². The summed E-state index contributed by atoms with van der Waals surface area (Å²) in [7, 11) is 0. The monoisotopic (exact) mass is 318 g/mol. The highest BCUT2D eigenvalue weighted by Crippen LogP contribution is 2.10. The second-order valence-electron chi connectivity index (χ2n) is 5.74. The summed E-state index contributed by atoms with van der Waals surface area (Å²) in [5.41, 5.74) is 3.26. The van der Waals surface area contributed by atoms with Gasteiger partial charge in [-0.1, -0.05) is 47.7 Å². The summed E-state index contributed by atoms with van der Waals surface area (Å²) in [6, 6.07) is 18.4. The Hall–Kier alpha value is -3.02. The number of rotatable bonds is 6. The van der Waals surface area contributed by atoms with Crippen molar-refractivity contribution in [2.45, 2.75) is 25.8 Å². The molecule has 6 heteroatoms. The lowest BCUT2D eigenvalue weighted by molar-refractivity contribution is 0.594. The molecule has 0 aliphatic heterocycles. The Morgan fingerprint density at radius 2 is 1.71 bits per heavy atom. The Bertz CT molecular complexity index is 925. The first-order valence-electron chi connectivity index (χ1n) is 8.11. The predicted molar refractivity (Wildman–Crippen MR) is 91.5 cm³/mol. The number of aryl methyl sites for hydroxylation is 4. The van der Waals surface area contributed by atoms with Crippen molar-refractivity contribution >= 4 is 11.0 Å². The second-order valence-corrected chi connectivity index (χ2v) is 5.74. The molecule has 0 atom stereocenters. The van der Waals surface area contributed by atoms with E-state index < -0.39 is 0 Å². The number of hydrogen-bond acceptors (Lipinski definition) is 4. The van der Waals surface area contributed by atoms with Crippen LogP contribution in [0.1, 0.15) is 17.2 Å². The van der Waals surface area contributed by atoms with Crippen LogP contribution in [0.25, 0.3) is 11.0 Å². The van der Waals surface area contributed by atoms with Crippen LogP contribution in [0, 0.1) is 0 Å². The molecule has 0 saturated carbocycles. The fourth-order valence-corrected chi connectivity index (χ4v) is 2.75. The van der Waals surface area contributed by atoms with Crippen molar-refractivity contribution < 1.29 is 0 Å². The molecule has 0 saturated heterocycles. The first-order valence-corrected chi connectivity index (χ1v) is 8.11. The number of fused-ring (bicyclic) bond motifs is 1. The van der Waals surface area contributed by atoms with E-state index in [2.05, 4.69) is 49.8 Å². The van der Waals surface area contributed by atoms with Crippen molar-refractivity contribution in [3.8, 4) is 0 Å². The van der Waals surface area contributed by atoms with E-state index in [1.54, 1.807) is 0 Å². The molecular weight excluding hydrogens is 300 g/mol. The molecule has 1 N–H and O–H groups in total. The minimum Gasteiger partial charge on any atom is -0.263 e. The molecule has 0 fully saturated rings. The van der Waals surface area contributed by atoms with Gasteiger partial charge < -0.3 is 0 Å². The maximum atomic E-state index is 4.58. The lowest BCUT2D eigenvalue weighted by atomic mass is 10.1. The number of hydrogen-bond donors (Lipinski definition) is 1. The van der Waals surface area contributed by atoms with Gasteiger partial charge >= 0.3 is 0 Å². The van der Waals surface area contributed by atoms with Crippen LogP contribution in [-0.2, 0) is 25.8 Å². The van der Waals surface area contributed by atoms with Crippen LogP contribution in [0.3, 0.4) is 0 Å². The van der Waals surface area contributed by atoms with E-state index in [1.807, 2.05) is 35.0 Å². The molecule has 4 rings (SSSR count). The third-order valence-corrected chi connectivity index (χ3v) is 4.04. The average Bonchev–Trinajstić information content (AvgIpc) is 3.26. The van der Waals surface area contributed by atoms with Crippen molar-refractivity contribution in [3.63, 3.8) is 0 Å². The van der Waals surface area contributed by atoms with Crippen LogP contribution < -0.4 is 0 Å². The predicted octanol–water partition coefficient (Wildman–Crippen LogP) is 2.58. The Labute approximate surface area is 139 Å². The third kappa shape index (κ3) is 3.17. The topological polar surface area (TPSA) is 72.3 Å². The molecule has 0 aliphatic carbocycles. The van der Waals surface area contributed by atoms with Crippen molar-refractivity contribution in [3.05, 3.63) is 71.8 Å². The maximum Gasteiger partial charge on any atom is 0.152 e. The van der Waals surface area contributed by atoms with Gasteiger partial charge in [-0.2, -0.15) is 5.10 Å². The SMILES string of the molecule is c1ccc(CCc2nc(CCn3nnc4ccccc43)n[nH]2)cc1. The van der Waals surface area contributed by atoms with Gasteiger partial charge in [0, 0.05) is 12.8 Å². The lowest BCUT2D eigenvalue weighted by Gasteiger charge is -1.99. The largest absolute Gasteiger partial charge is 0.263 e. The lowest BCUT2D eigenvalue weighted by Crippen LogP contribution is -2.04. The highest BCUT2D eigenvalue weighted by molar-refractivity contribution is 5.73. The number of H-pyrrole nitrogens is 1. The van der Waals surface area contributed by atoms with Gasteiger partial charge in [-0.05, 0) is 24.1 Å². The number of aromatic amines is 1. The summed E-state index contributed by atoms with van der Waals surface area (Å²) >= 11 is 0. The van der Waals surface area contributed by atoms with E-state index in [0.29, 0.717) is 0 Å². The molecule has 0 unspecified atom stereocenters. The quantitative estimate of drug-likeness (QED) is 0.593. The van der Waals surface area contributed by atoms with E-state index in [-0.39, 0.29) is 0 Å². The molecule has 24 heavy (non-hydrogen) atoms. The van der Waals surface area contributed by atoms with Crippen LogP contribution in [0.2, 0.25) is 0 Å². The van der Waals surface area contributed by atoms with Crippen molar-refractivity contribution in [1.29, 1.82) is 0 Å². The summed E-state index contributed by atoms with van der Waals surface area (Å²) in [5.74, 6) is 1.75. The van der Waals surface area contributed by atoms with Crippen molar-refractivity contribution in [2.24, 2.45) is 0 Å². The maximum absolute atomic E-state index is 4.58. The Morgan fingerprint density at radius 3 is 2.62 bits per heavy atom. The molecule has 6 nitrogen and oxygen atoms in total. The van der Waals surface area contributed by atoms with Crippen LogP contribution in [0.5, 0.6) is 0 Å². The van der Waals surface area contributed by atoms with Crippen molar-refractivity contribution in [1.82, 2.24) is 30.2 Å². The van der Waals surface area contributed by atoms with Crippen LogP contribution in [-0.4, -0.2) is 30.2 Å². The van der Waals surface area contributed by atoms with Crippen LogP contribution in [0.15, 0.2) is 54.6 Å². The molecule has 2 aromatic carbocycles. The highest BCUT2D eigenvalue weighted by Gasteiger charge is 2.07. The molecule has 2 heterocycles. The molecule has 0 amide bonds. The Morgan fingerprint density at radius 1 is 0.875 bits per heavy atom. The fourth-order valence-electron chi connectivity index (χ4n) is 2.75. The average molecular weight is 318 g/mol. The van der Waals surface area contributed by atoms with E-state index in [9.17, 15) is 0 Å². The summed E-state index contributed by atoms with van der Waals surface area (Å²) in [4.78, 5) is 4.58. The van der Waals surface area contributed by atoms with E-state index in [4.69, 9.17) is 0 Å². The summed E-state index contributed by atoms with van der Waals surface area (Å²) in [6.45, 7) is 0.719. The zero-order valence-electron chi connectivity index (χ0n) is 13.3. The normalized spacial score (nSPS) is 11.2. The fraction of sp³-hybridized carbons (Fsp3) is 0.222. The summed E-state index contributed by atoms with van der Waals surface area (Å²) in [6.07, 6.45) is 2.56. The number of para-hydroxylation sites is 1. The number of aromatic nitrogens is 6. The Balaban J connectivity index is 1.37. The van der Waals surface area contributed by atoms with E-state index >= 15 is 0 Å². The van der Waals surface area contributed by atoms with Gasteiger partial charge in [0.05, 0.1) is 12.1 Å². The summed E-state index contributed by atoms with van der Waals surface area (Å²) < 4.78 is 1.90.